The van der Waals surface area contributed by atoms with E-state index in [4.69, 9.17) is 17.3 Å². The van der Waals surface area contributed by atoms with E-state index in [9.17, 15) is 4.79 Å². The fraction of sp³-hybridized carbons (Fsp3) is 0.692. The Hall–Kier alpha value is -1.07. The van der Waals surface area contributed by atoms with Crippen molar-refractivity contribution in [1.29, 1.82) is 0 Å². The smallest absolute Gasteiger partial charge is 0.287 e. The summed E-state index contributed by atoms with van der Waals surface area (Å²) in [5.41, 5.74) is 6.07. The number of rotatable bonds is 4. The van der Waals surface area contributed by atoms with Crippen LogP contribution in [0.2, 0.25) is 5.02 Å². The Morgan fingerprint density at radius 3 is 2.68 bits per heavy atom. The second-order valence-corrected chi connectivity index (χ2v) is 5.91. The van der Waals surface area contributed by atoms with Gasteiger partial charge in [0.25, 0.3) is 5.56 Å². The molecule has 1 fully saturated rings. The first kappa shape index (κ1) is 14.3. The summed E-state index contributed by atoms with van der Waals surface area (Å²) in [7, 11) is 0. The van der Waals surface area contributed by atoms with Crippen LogP contribution in [-0.4, -0.2) is 21.9 Å². The van der Waals surface area contributed by atoms with Crippen molar-refractivity contribution in [2.45, 2.75) is 51.1 Å². The van der Waals surface area contributed by atoms with Gasteiger partial charge in [-0.1, -0.05) is 24.4 Å². The van der Waals surface area contributed by atoms with Crippen LogP contribution in [0.3, 0.4) is 0 Å². The highest BCUT2D eigenvalue weighted by atomic mass is 35.5. The number of aromatic nitrogens is 2. The summed E-state index contributed by atoms with van der Waals surface area (Å²) in [5.74, 6) is 0. The van der Waals surface area contributed by atoms with Crippen molar-refractivity contribution in [2.75, 3.05) is 11.9 Å². The van der Waals surface area contributed by atoms with E-state index in [0.29, 0.717) is 12.2 Å². The fourth-order valence-corrected chi connectivity index (χ4v) is 2.80. The maximum absolute atomic E-state index is 12.1. The first-order chi connectivity index (χ1) is 8.99. The second-order valence-electron chi connectivity index (χ2n) is 5.53. The van der Waals surface area contributed by atoms with Crippen LogP contribution in [-0.2, 0) is 0 Å². The van der Waals surface area contributed by atoms with E-state index >= 15 is 0 Å². The molecule has 106 valence electrons. The van der Waals surface area contributed by atoms with Gasteiger partial charge in [0.1, 0.15) is 5.02 Å². The minimum Gasteiger partial charge on any atom is -0.376 e. The average Bonchev–Trinajstić information content (AvgIpc) is 2.84. The number of hydrogen-bond donors (Lipinski definition) is 2. The standard InChI is InChI=1S/C13H21ClN4O/c1-9(2)18-12(19)11(14)10(7-16-18)17-13(8-15)5-3-4-6-13/h7,9,17H,3-6,8,15H2,1-2H3. The Kier molecular flexibility index (Phi) is 4.16. The Labute approximate surface area is 118 Å². The summed E-state index contributed by atoms with van der Waals surface area (Å²) in [4.78, 5) is 12.1. The number of nitrogens with two attached hydrogens (primary N) is 1. The molecule has 5 nitrogen and oxygen atoms in total. The molecule has 0 spiro atoms. The molecule has 1 saturated carbocycles. The van der Waals surface area contributed by atoms with Crippen molar-refractivity contribution in [3.8, 4) is 0 Å². The molecule has 0 atom stereocenters. The third-order valence-electron chi connectivity index (χ3n) is 3.78. The summed E-state index contributed by atoms with van der Waals surface area (Å²) >= 11 is 6.16. The van der Waals surface area contributed by atoms with Crippen molar-refractivity contribution in [3.05, 3.63) is 21.6 Å². The molecule has 0 unspecified atom stereocenters. The number of hydrogen-bond acceptors (Lipinski definition) is 4. The zero-order valence-corrected chi connectivity index (χ0v) is 12.2. The van der Waals surface area contributed by atoms with Crippen LogP contribution in [0.1, 0.15) is 45.6 Å². The molecule has 19 heavy (non-hydrogen) atoms. The molecule has 0 bridgehead atoms. The lowest BCUT2D eigenvalue weighted by molar-refractivity contribution is 0.485. The molecule has 1 aromatic rings. The van der Waals surface area contributed by atoms with E-state index < -0.39 is 0 Å². The van der Waals surface area contributed by atoms with Crippen LogP contribution >= 0.6 is 11.6 Å². The highest BCUT2D eigenvalue weighted by Crippen LogP contribution is 2.33. The van der Waals surface area contributed by atoms with E-state index in [1.54, 1.807) is 6.20 Å². The van der Waals surface area contributed by atoms with Gasteiger partial charge in [-0.25, -0.2) is 4.68 Å². The van der Waals surface area contributed by atoms with Gasteiger partial charge in [-0.3, -0.25) is 4.79 Å². The first-order valence-corrected chi connectivity index (χ1v) is 7.12. The summed E-state index contributed by atoms with van der Waals surface area (Å²) in [6.45, 7) is 4.34. The number of halogens is 1. The van der Waals surface area contributed by atoms with E-state index in [2.05, 4.69) is 10.4 Å². The molecule has 6 heteroatoms. The molecule has 0 radical (unpaired) electrons. The number of nitrogens with zero attached hydrogens (tertiary/aromatic N) is 2. The van der Waals surface area contributed by atoms with Gasteiger partial charge in [0.05, 0.1) is 17.9 Å². The van der Waals surface area contributed by atoms with Gasteiger partial charge in [0.15, 0.2) is 0 Å². The maximum Gasteiger partial charge on any atom is 0.287 e. The molecule has 1 heterocycles. The fourth-order valence-electron chi connectivity index (χ4n) is 2.62. The lowest BCUT2D eigenvalue weighted by Gasteiger charge is -2.30. The molecule has 1 aliphatic carbocycles. The normalized spacial score (nSPS) is 17.9. The monoisotopic (exact) mass is 284 g/mol. The first-order valence-electron chi connectivity index (χ1n) is 6.75. The molecule has 0 saturated heterocycles. The van der Waals surface area contributed by atoms with Crippen molar-refractivity contribution >= 4 is 17.3 Å². The maximum atomic E-state index is 12.1. The summed E-state index contributed by atoms with van der Waals surface area (Å²) in [5, 5.41) is 7.71. The molecule has 0 amide bonds. The van der Waals surface area contributed by atoms with Crippen LogP contribution < -0.4 is 16.6 Å². The minimum absolute atomic E-state index is 0.00556. The van der Waals surface area contributed by atoms with Gasteiger partial charge in [0.2, 0.25) is 0 Å². The van der Waals surface area contributed by atoms with E-state index in [1.807, 2.05) is 13.8 Å². The van der Waals surface area contributed by atoms with E-state index in [0.717, 1.165) is 25.7 Å². The molecule has 3 N–H and O–H groups in total. The van der Waals surface area contributed by atoms with Gasteiger partial charge in [-0.15, -0.1) is 0 Å². The number of anilines is 1. The SMILES string of the molecule is CC(C)n1ncc(NC2(CN)CCCC2)c(Cl)c1=O. The molecule has 2 rings (SSSR count). The molecule has 0 aromatic carbocycles. The van der Waals surface area contributed by atoms with E-state index in [-0.39, 0.29) is 22.2 Å². The Bertz CT molecular complexity index is 506. The predicted octanol–water partition coefficient (Wildman–Crippen LogP) is 2.16. The van der Waals surface area contributed by atoms with Crippen LogP contribution in [0.25, 0.3) is 0 Å². The van der Waals surface area contributed by atoms with Crippen LogP contribution in [0.4, 0.5) is 5.69 Å². The Balaban J connectivity index is 2.31. The quantitative estimate of drug-likeness (QED) is 0.889. The average molecular weight is 285 g/mol. The van der Waals surface area contributed by atoms with Gasteiger partial charge >= 0.3 is 0 Å². The van der Waals surface area contributed by atoms with Crippen LogP contribution in [0, 0.1) is 0 Å². The van der Waals surface area contributed by atoms with Crippen molar-refractivity contribution in [1.82, 2.24) is 9.78 Å². The van der Waals surface area contributed by atoms with Gasteiger partial charge in [-0.2, -0.15) is 5.10 Å². The molecule has 1 aromatic heterocycles. The van der Waals surface area contributed by atoms with Crippen LogP contribution in [0.15, 0.2) is 11.0 Å². The Morgan fingerprint density at radius 2 is 2.16 bits per heavy atom. The topological polar surface area (TPSA) is 72.9 Å². The summed E-state index contributed by atoms with van der Waals surface area (Å²) in [6, 6.07) is -0.00556. The van der Waals surface area contributed by atoms with Crippen molar-refractivity contribution in [2.24, 2.45) is 5.73 Å². The van der Waals surface area contributed by atoms with Gasteiger partial charge in [0, 0.05) is 12.1 Å². The van der Waals surface area contributed by atoms with Gasteiger partial charge in [-0.05, 0) is 26.7 Å². The molecular formula is C13H21ClN4O. The third kappa shape index (κ3) is 2.77. The molecular weight excluding hydrogens is 264 g/mol. The second kappa shape index (κ2) is 5.51. The zero-order valence-electron chi connectivity index (χ0n) is 11.4. The highest BCUT2D eigenvalue weighted by Gasteiger charge is 2.33. The van der Waals surface area contributed by atoms with E-state index in [1.165, 1.54) is 4.68 Å². The van der Waals surface area contributed by atoms with Crippen molar-refractivity contribution in [3.63, 3.8) is 0 Å². The zero-order chi connectivity index (χ0) is 14.0. The largest absolute Gasteiger partial charge is 0.376 e. The minimum atomic E-state index is -0.258. The van der Waals surface area contributed by atoms with Crippen LogP contribution in [0.5, 0.6) is 0 Å². The lowest BCUT2D eigenvalue weighted by Crippen LogP contribution is -2.43. The summed E-state index contributed by atoms with van der Waals surface area (Å²) in [6.07, 6.45) is 5.94. The lowest BCUT2D eigenvalue weighted by atomic mass is 9.97. The molecule has 1 aliphatic rings. The summed E-state index contributed by atoms with van der Waals surface area (Å²) < 4.78 is 1.39. The Morgan fingerprint density at radius 1 is 1.53 bits per heavy atom. The highest BCUT2D eigenvalue weighted by molar-refractivity contribution is 6.32. The predicted molar refractivity (Wildman–Crippen MR) is 77.8 cm³/mol. The van der Waals surface area contributed by atoms with Gasteiger partial charge < -0.3 is 11.1 Å². The molecule has 0 aliphatic heterocycles. The van der Waals surface area contributed by atoms with Crippen molar-refractivity contribution < 1.29 is 0 Å². The number of nitrogens with one attached hydrogen (secondary N) is 1. The third-order valence-corrected chi connectivity index (χ3v) is 4.15.